The van der Waals surface area contributed by atoms with Crippen LogP contribution in [0, 0.1) is 12.7 Å². The van der Waals surface area contributed by atoms with E-state index in [1.165, 1.54) is 29.5 Å². The van der Waals surface area contributed by atoms with Gasteiger partial charge in [-0.25, -0.2) is 4.39 Å². The van der Waals surface area contributed by atoms with Gasteiger partial charge in [0.1, 0.15) is 5.82 Å². The topological polar surface area (TPSA) is 70.7 Å². The first-order chi connectivity index (χ1) is 14.0. The van der Waals surface area contributed by atoms with Crippen LogP contribution >= 0.6 is 11.3 Å². The van der Waals surface area contributed by atoms with Gasteiger partial charge in [0.05, 0.1) is 23.8 Å². The van der Waals surface area contributed by atoms with Crippen molar-refractivity contribution in [1.29, 1.82) is 0 Å². The van der Waals surface area contributed by atoms with Crippen molar-refractivity contribution in [2.24, 2.45) is 0 Å². The lowest BCUT2D eigenvalue weighted by atomic mass is 10.2. The average molecular weight is 420 g/mol. The fourth-order valence-electron chi connectivity index (χ4n) is 3.17. The summed E-state index contributed by atoms with van der Waals surface area (Å²) in [5, 5.41) is 5.38. The molecule has 29 heavy (non-hydrogen) atoms. The second-order valence-corrected chi connectivity index (χ2v) is 8.20. The first kappa shape index (κ1) is 21.4. The molecule has 0 unspecified atom stereocenters. The lowest BCUT2D eigenvalue weighted by molar-refractivity contribution is -0.116. The molecule has 1 saturated heterocycles. The van der Waals surface area contributed by atoms with Gasteiger partial charge in [-0.2, -0.15) is 0 Å². The fraction of sp³-hybridized carbons (Fsp3) is 0.429. The molecule has 2 amide bonds. The maximum atomic E-state index is 14.1. The Balaban J connectivity index is 1.59. The summed E-state index contributed by atoms with van der Waals surface area (Å²) < 4.78 is 19.4. The number of halogens is 1. The van der Waals surface area contributed by atoms with Crippen LogP contribution in [0.1, 0.15) is 33.5 Å². The van der Waals surface area contributed by atoms with Gasteiger partial charge in [0.2, 0.25) is 5.91 Å². The van der Waals surface area contributed by atoms with Gasteiger partial charge in [-0.1, -0.05) is 6.92 Å². The van der Waals surface area contributed by atoms with Crippen LogP contribution in [0.5, 0.6) is 0 Å². The van der Waals surface area contributed by atoms with Crippen molar-refractivity contribution in [3.8, 4) is 0 Å². The third kappa shape index (κ3) is 5.85. The number of nitrogens with one attached hydrogen (secondary N) is 2. The Bertz CT molecular complexity index is 878. The third-order valence-electron chi connectivity index (χ3n) is 4.88. The van der Waals surface area contributed by atoms with E-state index >= 15 is 0 Å². The van der Waals surface area contributed by atoms with Crippen molar-refractivity contribution in [3.05, 3.63) is 45.4 Å². The molecule has 6 nitrogen and oxygen atoms in total. The molecule has 2 N–H and O–H groups in total. The number of carbonyl (C=O) groups is 2. The summed E-state index contributed by atoms with van der Waals surface area (Å²) in [6, 6.07) is 6.05. The van der Waals surface area contributed by atoms with Gasteiger partial charge in [-0.15, -0.1) is 11.3 Å². The maximum Gasteiger partial charge on any atom is 0.265 e. The van der Waals surface area contributed by atoms with Gasteiger partial charge >= 0.3 is 0 Å². The van der Waals surface area contributed by atoms with Crippen LogP contribution in [0.3, 0.4) is 0 Å². The number of thiophene rings is 1. The Labute approximate surface area is 174 Å². The van der Waals surface area contributed by atoms with E-state index in [1.807, 2.05) is 19.9 Å². The molecular weight excluding hydrogens is 393 g/mol. The van der Waals surface area contributed by atoms with Gasteiger partial charge in [0.25, 0.3) is 5.91 Å². The monoisotopic (exact) mass is 419 g/mol. The average Bonchev–Trinajstić information content (AvgIpc) is 3.10. The Morgan fingerprint density at radius 2 is 1.97 bits per heavy atom. The van der Waals surface area contributed by atoms with E-state index < -0.39 is 5.82 Å². The summed E-state index contributed by atoms with van der Waals surface area (Å²) in [7, 11) is 0. The molecule has 1 aliphatic rings. The highest BCUT2D eigenvalue weighted by Gasteiger charge is 2.15. The first-order valence-corrected chi connectivity index (χ1v) is 10.6. The van der Waals surface area contributed by atoms with E-state index in [2.05, 4.69) is 15.5 Å². The van der Waals surface area contributed by atoms with E-state index in [0.717, 1.165) is 30.0 Å². The van der Waals surface area contributed by atoms with E-state index in [0.29, 0.717) is 30.3 Å². The number of carbonyl (C=O) groups excluding carboxylic acids is 2. The molecule has 1 aromatic heterocycles. The van der Waals surface area contributed by atoms with Crippen LogP contribution in [0.25, 0.3) is 0 Å². The summed E-state index contributed by atoms with van der Waals surface area (Å²) in [4.78, 5) is 28.6. The zero-order chi connectivity index (χ0) is 20.8. The maximum absolute atomic E-state index is 14.1. The van der Waals surface area contributed by atoms with Crippen molar-refractivity contribution in [1.82, 2.24) is 4.90 Å². The Morgan fingerprint density at radius 3 is 2.66 bits per heavy atom. The number of amides is 2. The number of ether oxygens (including phenoxy) is 1. The summed E-state index contributed by atoms with van der Waals surface area (Å²) >= 11 is 1.43. The van der Waals surface area contributed by atoms with Gasteiger partial charge in [0, 0.05) is 36.6 Å². The summed E-state index contributed by atoms with van der Waals surface area (Å²) in [6.07, 6.45) is 1.14. The van der Waals surface area contributed by atoms with Gasteiger partial charge in [-0.05, 0) is 43.2 Å². The minimum atomic E-state index is -0.539. The highest BCUT2D eigenvalue weighted by molar-refractivity contribution is 7.14. The number of hydrogen-bond acceptors (Lipinski definition) is 5. The van der Waals surface area contributed by atoms with Crippen LogP contribution in [0.4, 0.5) is 15.8 Å². The fourth-order valence-corrected chi connectivity index (χ4v) is 4.18. The number of morpholine rings is 1. The summed E-state index contributed by atoms with van der Waals surface area (Å²) in [5.74, 6) is -1.04. The Morgan fingerprint density at radius 1 is 1.21 bits per heavy atom. The number of benzene rings is 1. The standard InChI is InChI=1S/C21H26FN3O3S/c1-3-15-12-19(29-14(15)2)21(27)23-16-4-5-17(22)18(13-16)24-20(26)6-7-25-8-10-28-11-9-25/h4-5,12-13H,3,6-11H2,1-2H3,(H,23,27)(H,24,26). The van der Waals surface area contributed by atoms with Crippen molar-refractivity contribution >= 4 is 34.5 Å². The quantitative estimate of drug-likeness (QED) is 0.718. The molecule has 1 fully saturated rings. The van der Waals surface area contributed by atoms with Crippen molar-refractivity contribution in [2.75, 3.05) is 43.5 Å². The molecule has 156 valence electrons. The molecule has 1 aromatic carbocycles. The van der Waals surface area contributed by atoms with Gasteiger partial charge in [0.15, 0.2) is 0 Å². The minimum Gasteiger partial charge on any atom is -0.379 e. The predicted octanol–water partition coefficient (Wildman–Crippen LogP) is 3.67. The SMILES string of the molecule is CCc1cc(C(=O)Nc2ccc(F)c(NC(=O)CCN3CCOCC3)c2)sc1C. The number of rotatable bonds is 7. The second kappa shape index (κ2) is 9.96. The van der Waals surface area contributed by atoms with E-state index in [9.17, 15) is 14.0 Å². The van der Waals surface area contributed by atoms with E-state index in [4.69, 9.17) is 4.74 Å². The highest BCUT2D eigenvalue weighted by atomic mass is 32.1. The number of hydrogen-bond donors (Lipinski definition) is 2. The molecule has 0 atom stereocenters. The normalized spacial score (nSPS) is 14.6. The zero-order valence-electron chi connectivity index (χ0n) is 16.7. The number of aryl methyl sites for hydroxylation is 2. The summed E-state index contributed by atoms with van der Waals surface area (Å²) in [5.41, 5.74) is 1.64. The number of nitrogens with zero attached hydrogens (tertiary/aromatic N) is 1. The largest absolute Gasteiger partial charge is 0.379 e. The third-order valence-corrected chi connectivity index (χ3v) is 5.97. The van der Waals surface area contributed by atoms with Crippen LogP contribution in [0.2, 0.25) is 0 Å². The van der Waals surface area contributed by atoms with Crippen LogP contribution < -0.4 is 10.6 Å². The predicted molar refractivity (Wildman–Crippen MR) is 113 cm³/mol. The Hall–Kier alpha value is -2.29. The Kier molecular flexibility index (Phi) is 7.35. The van der Waals surface area contributed by atoms with Gasteiger partial charge < -0.3 is 15.4 Å². The molecular formula is C21H26FN3O3S. The highest BCUT2D eigenvalue weighted by Crippen LogP contribution is 2.25. The second-order valence-electron chi connectivity index (χ2n) is 6.95. The molecule has 0 aliphatic carbocycles. The lowest BCUT2D eigenvalue weighted by Gasteiger charge is -2.26. The van der Waals surface area contributed by atoms with Crippen LogP contribution in [-0.4, -0.2) is 49.6 Å². The zero-order valence-corrected chi connectivity index (χ0v) is 17.5. The van der Waals surface area contributed by atoms with Gasteiger partial charge in [-0.3, -0.25) is 14.5 Å². The molecule has 2 aromatic rings. The molecule has 1 aliphatic heterocycles. The first-order valence-electron chi connectivity index (χ1n) is 9.76. The molecule has 0 bridgehead atoms. The molecule has 3 rings (SSSR count). The van der Waals surface area contributed by atoms with Crippen molar-refractivity contribution in [3.63, 3.8) is 0 Å². The molecule has 0 saturated carbocycles. The minimum absolute atomic E-state index is 0.0615. The van der Waals surface area contributed by atoms with Crippen LogP contribution in [-0.2, 0) is 16.0 Å². The summed E-state index contributed by atoms with van der Waals surface area (Å²) in [6.45, 7) is 7.57. The molecule has 8 heteroatoms. The van der Waals surface area contributed by atoms with E-state index in [-0.39, 0.29) is 23.9 Å². The number of anilines is 2. The van der Waals surface area contributed by atoms with Crippen molar-refractivity contribution < 1.29 is 18.7 Å². The van der Waals surface area contributed by atoms with Crippen LogP contribution in [0.15, 0.2) is 24.3 Å². The van der Waals surface area contributed by atoms with E-state index in [1.54, 1.807) is 0 Å². The smallest absolute Gasteiger partial charge is 0.265 e. The lowest BCUT2D eigenvalue weighted by Crippen LogP contribution is -2.38. The molecule has 0 radical (unpaired) electrons. The molecule has 2 heterocycles. The van der Waals surface area contributed by atoms with Crippen molar-refractivity contribution in [2.45, 2.75) is 26.7 Å². The molecule has 0 spiro atoms.